The van der Waals surface area contributed by atoms with Crippen LogP contribution < -0.4 is 21.9 Å². The Kier molecular flexibility index (Phi) is 3.92. The van der Waals surface area contributed by atoms with Gasteiger partial charge >= 0.3 is 11.7 Å². The Labute approximate surface area is 130 Å². The number of para-hydroxylation sites is 2. The highest BCUT2D eigenvalue weighted by atomic mass is 16.2. The molecule has 1 aromatic heterocycles. The SMILES string of the molecule is O=C(NCn1c(=O)[nH]c2ccccc2c1=O)Nc1ccccc1. The summed E-state index contributed by atoms with van der Waals surface area (Å²) in [4.78, 5) is 38.7. The molecule has 23 heavy (non-hydrogen) atoms. The first-order valence-corrected chi connectivity index (χ1v) is 6.97. The Morgan fingerprint density at radius 1 is 1.00 bits per heavy atom. The lowest BCUT2D eigenvalue weighted by Crippen LogP contribution is -2.42. The quantitative estimate of drug-likeness (QED) is 0.683. The van der Waals surface area contributed by atoms with E-state index in [1.165, 1.54) is 0 Å². The number of nitrogens with zero attached hydrogens (tertiary/aromatic N) is 1. The molecule has 0 bridgehead atoms. The lowest BCUT2D eigenvalue weighted by molar-refractivity contribution is 0.249. The molecule has 0 saturated heterocycles. The van der Waals surface area contributed by atoms with Gasteiger partial charge in [-0.05, 0) is 24.3 Å². The maximum Gasteiger partial charge on any atom is 0.330 e. The monoisotopic (exact) mass is 310 g/mol. The third-order valence-electron chi connectivity index (χ3n) is 3.32. The van der Waals surface area contributed by atoms with Gasteiger partial charge in [0.05, 0.1) is 10.9 Å². The molecule has 116 valence electrons. The van der Waals surface area contributed by atoms with Crippen LogP contribution in [0.2, 0.25) is 0 Å². The van der Waals surface area contributed by atoms with Gasteiger partial charge in [0.15, 0.2) is 0 Å². The van der Waals surface area contributed by atoms with Crippen molar-refractivity contribution in [1.29, 1.82) is 0 Å². The van der Waals surface area contributed by atoms with Gasteiger partial charge in [0.1, 0.15) is 6.67 Å². The number of urea groups is 1. The van der Waals surface area contributed by atoms with E-state index >= 15 is 0 Å². The molecule has 0 aliphatic rings. The predicted molar refractivity (Wildman–Crippen MR) is 87.4 cm³/mol. The Hall–Kier alpha value is -3.35. The standard InChI is InChI=1S/C16H14N4O3/c21-14-12-8-4-5-9-13(12)19-16(23)20(14)10-17-15(22)18-11-6-2-1-3-7-11/h1-9H,10H2,(H,19,23)(H2,17,18,22). The van der Waals surface area contributed by atoms with Gasteiger partial charge in [0, 0.05) is 5.69 Å². The summed E-state index contributed by atoms with van der Waals surface area (Å²) in [5.41, 5.74) is 0.0512. The molecule has 0 spiro atoms. The van der Waals surface area contributed by atoms with Crippen molar-refractivity contribution in [2.24, 2.45) is 0 Å². The zero-order valence-electron chi connectivity index (χ0n) is 12.1. The summed E-state index contributed by atoms with van der Waals surface area (Å²) in [6.45, 7) is -0.225. The van der Waals surface area contributed by atoms with Crippen LogP contribution in [0.1, 0.15) is 0 Å². The number of aromatic nitrogens is 2. The fourth-order valence-corrected chi connectivity index (χ4v) is 2.19. The van der Waals surface area contributed by atoms with Crippen LogP contribution in [-0.2, 0) is 6.67 Å². The first-order valence-electron chi connectivity index (χ1n) is 6.97. The van der Waals surface area contributed by atoms with Crippen LogP contribution in [-0.4, -0.2) is 15.6 Å². The number of benzene rings is 2. The second-order valence-electron chi connectivity index (χ2n) is 4.86. The van der Waals surface area contributed by atoms with Crippen molar-refractivity contribution in [2.75, 3.05) is 5.32 Å². The molecule has 2 aromatic carbocycles. The summed E-state index contributed by atoms with van der Waals surface area (Å²) >= 11 is 0. The van der Waals surface area contributed by atoms with Crippen molar-refractivity contribution in [2.45, 2.75) is 6.67 Å². The number of aromatic amines is 1. The molecule has 0 fully saturated rings. The van der Waals surface area contributed by atoms with E-state index in [0.29, 0.717) is 16.6 Å². The molecule has 0 atom stereocenters. The highest BCUT2D eigenvalue weighted by molar-refractivity contribution is 5.88. The number of hydrogen-bond donors (Lipinski definition) is 3. The highest BCUT2D eigenvalue weighted by Gasteiger charge is 2.08. The van der Waals surface area contributed by atoms with Crippen LogP contribution in [0.4, 0.5) is 10.5 Å². The van der Waals surface area contributed by atoms with Gasteiger partial charge in [-0.25, -0.2) is 14.2 Å². The Balaban J connectivity index is 1.78. The molecule has 3 aromatic rings. The smallest absolute Gasteiger partial charge is 0.320 e. The van der Waals surface area contributed by atoms with Crippen molar-refractivity contribution in [3.05, 3.63) is 75.4 Å². The lowest BCUT2D eigenvalue weighted by Gasteiger charge is -2.09. The van der Waals surface area contributed by atoms with Crippen molar-refractivity contribution >= 4 is 22.6 Å². The normalized spacial score (nSPS) is 10.4. The van der Waals surface area contributed by atoms with Crippen molar-refractivity contribution < 1.29 is 4.79 Å². The summed E-state index contributed by atoms with van der Waals surface area (Å²) in [5.74, 6) is 0. The van der Waals surface area contributed by atoms with Crippen LogP contribution in [0.5, 0.6) is 0 Å². The second kappa shape index (κ2) is 6.18. The van der Waals surface area contributed by atoms with Crippen LogP contribution in [0, 0.1) is 0 Å². The molecule has 7 heteroatoms. The largest absolute Gasteiger partial charge is 0.330 e. The van der Waals surface area contributed by atoms with Crippen molar-refractivity contribution in [1.82, 2.24) is 14.9 Å². The number of fused-ring (bicyclic) bond motifs is 1. The minimum Gasteiger partial charge on any atom is -0.320 e. The van der Waals surface area contributed by atoms with Gasteiger partial charge in [0.2, 0.25) is 0 Å². The molecule has 0 unspecified atom stereocenters. The van der Waals surface area contributed by atoms with E-state index in [9.17, 15) is 14.4 Å². The van der Waals surface area contributed by atoms with Crippen LogP contribution >= 0.6 is 0 Å². The van der Waals surface area contributed by atoms with E-state index in [1.54, 1.807) is 48.5 Å². The number of anilines is 1. The van der Waals surface area contributed by atoms with E-state index in [2.05, 4.69) is 15.6 Å². The summed E-state index contributed by atoms with van der Waals surface area (Å²) in [6.07, 6.45) is 0. The average molecular weight is 310 g/mol. The molecule has 2 amide bonds. The van der Waals surface area contributed by atoms with Crippen LogP contribution in [0.25, 0.3) is 10.9 Å². The van der Waals surface area contributed by atoms with Gasteiger partial charge in [-0.2, -0.15) is 0 Å². The number of carbonyl (C=O) groups excluding carboxylic acids is 1. The van der Waals surface area contributed by atoms with E-state index in [4.69, 9.17) is 0 Å². The third kappa shape index (κ3) is 3.13. The Morgan fingerprint density at radius 2 is 1.70 bits per heavy atom. The molecule has 7 nitrogen and oxygen atoms in total. The van der Waals surface area contributed by atoms with E-state index in [-0.39, 0.29) is 6.67 Å². The first kappa shape index (κ1) is 14.6. The molecule has 0 radical (unpaired) electrons. The number of H-pyrrole nitrogens is 1. The molecular formula is C16H14N4O3. The predicted octanol–water partition coefficient (Wildman–Crippen LogP) is 1.47. The maximum atomic E-state index is 12.3. The third-order valence-corrected chi connectivity index (χ3v) is 3.32. The zero-order valence-corrected chi connectivity index (χ0v) is 12.1. The summed E-state index contributed by atoms with van der Waals surface area (Å²) in [5, 5.41) is 5.48. The Morgan fingerprint density at radius 3 is 2.48 bits per heavy atom. The minimum absolute atomic E-state index is 0.225. The van der Waals surface area contributed by atoms with E-state index in [1.807, 2.05) is 6.07 Å². The molecule has 3 rings (SSSR count). The molecule has 0 aliphatic heterocycles. The van der Waals surface area contributed by atoms with Gasteiger partial charge in [-0.1, -0.05) is 30.3 Å². The number of carbonyl (C=O) groups is 1. The molecule has 1 heterocycles. The number of amides is 2. The molecule has 3 N–H and O–H groups in total. The van der Waals surface area contributed by atoms with Gasteiger partial charge < -0.3 is 15.6 Å². The lowest BCUT2D eigenvalue weighted by atomic mass is 10.2. The fourth-order valence-electron chi connectivity index (χ4n) is 2.19. The highest BCUT2D eigenvalue weighted by Crippen LogP contribution is 2.04. The van der Waals surface area contributed by atoms with Crippen molar-refractivity contribution in [3.63, 3.8) is 0 Å². The summed E-state index contributed by atoms with van der Waals surface area (Å²) in [7, 11) is 0. The number of hydrogen-bond acceptors (Lipinski definition) is 3. The Bertz CT molecular complexity index is 960. The fraction of sp³-hybridized carbons (Fsp3) is 0.0625. The van der Waals surface area contributed by atoms with Gasteiger partial charge in [0.25, 0.3) is 5.56 Å². The second-order valence-corrected chi connectivity index (χ2v) is 4.86. The van der Waals surface area contributed by atoms with Gasteiger partial charge in [-0.15, -0.1) is 0 Å². The topological polar surface area (TPSA) is 96.0 Å². The maximum absolute atomic E-state index is 12.3. The van der Waals surface area contributed by atoms with E-state index < -0.39 is 17.3 Å². The summed E-state index contributed by atoms with van der Waals surface area (Å²) in [6, 6.07) is 15.1. The number of nitrogens with one attached hydrogen (secondary N) is 3. The van der Waals surface area contributed by atoms with Crippen molar-refractivity contribution in [3.8, 4) is 0 Å². The van der Waals surface area contributed by atoms with Crippen LogP contribution in [0.3, 0.4) is 0 Å². The van der Waals surface area contributed by atoms with Crippen LogP contribution in [0.15, 0.2) is 64.2 Å². The first-order chi connectivity index (χ1) is 11.1. The summed E-state index contributed by atoms with van der Waals surface area (Å²) < 4.78 is 0.937. The zero-order chi connectivity index (χ0) is 16.2. The molecule has 0 saturated carbocycles. The number of rotatable bonds is 3. The molecular weight excluding hydrogens is 296 g/mol. The van der Waals surface area contributed by atoms with E-state index in [0.717, 1.165) is 4.57 Å². The van der Waals surface area contributed by atoms with Gasteiger partial charge in [-0.3, -0.25) is 4.79 Å². The molecule has 0 aliphatic carbocycles. The minimum atomic E-state index is -0.575. The average Bonchev–Trinajstić information content (AvgIpc) is 2.55.